The largest absolute Gasteiger partial charge is 0.465 e. The molecule has 0 N–H and O–H groups in total. The molecule has 0 aromatic carbocycles. The molecule has 0 spiro atoms. The summed E-state index contributed by atoms with van der Waals surface area (Å²) in [7, 11) is 0. The number of carbonyl (C=O) groups is 3. The van der Waals surface area contributed by atoms with E-state index in [0.717, 1.165) is 63.9 Å². The Kier molecular flexibility index (Phi) is 15.6. The molecule has 0 radical (unpaired) electrons. The highest BCUT2D eigenvalue weighted by atomic mass is 16.6. The normalized spacial score (nSPS) is 20.1. The minimum Gasteiger partial charge on any atom is -0.465 e. The minimum absolute atomic E-state index is 0.260. The molecule has 190 valence electrons. The molecule has 33 heavy (non-hydrogen) atoms. The molecule has 0 heterocycles. The lowest BCUT2D eigenvalue weighted by molar-refractivity contribution is -0.198. The van der Waals surface area contributed by atoms with Gasteiger partial charge in [-0.25, -0.2) is 9.59 Å². The Morgan fingerprint density at radius 1 is 0.818 bits per heavy atom. The van der Waals surface area contributed by atoms with Crippen molar-refractivity contribution < 1.29 is 28.6 Å². The Labute approximate surface area is 200 Å². The molecule has 2 atom stereocenters. The monoisotopic (exact) mass is 466 g/mol. The molecule has 2 unspecified atom stereocenters. The number of esters is 3. The van der Waals surface area contributed by atoms with Crippen LogP contribution in [0.1, 0.15) is 117 Å². The van der Waals surface area contributed by atoms with E-state index in [9.17, 15) is 14.4 Å². The zero-order valence-corrected chi connectivity index (χ0v) is 21.0. The lowest BCUT2D eigenvalue weighted by Crippen LogP contribution is -2.55. The van der Waals surface area contributed by atoms with Gasteiger partial charge in [-0.05, 0) is 32.1 Å². The molecular formula is C27H46O6. The molecular weight excluding hydrogens is 420 g/mol. The van der Waals surface area contributed by atoms with E-state index in [0.29, 0.717) is 19.4 Å². The molecule has 0 aromatic rings. The number of rotatable bonds is 18. The quantitative estimate of drug-likeness (QED) is 0.0999. The van der Waals surface area contributed by atoms with E-state index in [-0.39, 0.29) is 13.0 Å². The number of unbranched alkanes of at least 4 members (excludes halogenated alkanes) is 10. The summed E-state index contributed by atoms with van der Waals surface area (Å²) in [4.78, 5) is 38.2. The molecule has 1 rings (SSSR count). The van der Waals surface area contributed by atoms with Gasteiger partial charge in [-0.3, -0.25) is 4.79 Å². The maximum Gasteiger partial charge on any atom is 0.351 e. The highest BCUT2D eigenvalue weighted by Gasteiger charge is 2.55. The summed E-state index contributed by atoms with van der Waals surface area (Å²) < 4.78 is 16.6. The lowest BCUT2D eigenvalue weighted by Gasteiger charge is -2.39. The van der Waals surface area contributed by atoms with Gasteiger partial charge in [-0.2, -0.15) is 0 Å². The van der Waals surface area contributed by atoms with Crippen molar-refractivity contribution >= 4 is 17.9 Å². The van der Waals surface area contributed by atoms with Crippen LogP contribution in [-0.2, 0) is 28.6 Å². The third-order valence-corrected chi connectivity index (χ3v) is 6.41. The first-order valence-corrected chi connectivity index (χ1v) is 13.2. The first-order valence-electron chi connectivity index (χ1n) is 13.2. The fourth-order valence-corrected chi connectivity index (χ4v) is 4.41. The van der Waals surface area contributed by atoms with Gasteiger partial charge in [0.15, 0.2) is 0 Å². The molecule has 0 aromatic heterocycles. The smallest absolute Gasteiger partial charge is 0.351 e. The summed E-state index contributed by atoms with van der Waals surface area (Å²) in [6, 6.07) is 0. The molecule has 0 saturated heterocycles. The third-order valence-electron chi connectivity index (χ3n) is 6.41. The van der Waals surface area contributed by atoms with Crippen LogP contribution in [0.3, 0.4) is 0 Å². The average molecular weight is 467 g/mol. The molecule has 6 heteroatoms. The van der Waals surface area contributed by atoms with Gasteiger partial charge >= 0.3 is 17.9 Å². The van der Waals surface area contributed by atoms with Gasteiger partial charge in [0.2, 0.25) is 5.60 Å². The predicted octanol–water partition coefficient (Wildman–Crippen LogP) is 6.45. The minimum atomic E-state index is -1.62. The van der Waals surface area contributed by atoms with Crippen LogP contribution in [0.15, 0.2) is 12.7 Å². The van der Waals surface area contributed by atoms with E-state index in [4.69, 9.17) is 14.2 Å². The SMILES string of the molecule is C=CC(=O)OC1(C(=O)OCCCCCCC)CCCCC1C(=O)OCCCCCCCCC. The van der Waals surface area contributed by atoms with E-state index in [2.05, 4.69) is 20.4 Å². The summed E-state index contributed by atoms with van der Waals surface area (Å²) in [5, 5.41) is 0. The van der Waals surface area contributed by atoms with Crippen LogP contribution in [0.4, 0.5) is 0 Å². The molecule has 1 aliphatic carbocycles. The Balaban J connectivity index is 2.67. The maximum absolute atomic E-state index is 13.1. The van der Waals surface area contributed by atoms with Crippen molar-refractivity contribution in [3.8, 4) is 0 Å². The van der Waals surface area contributed by atoms with Crippen molar-refractivity contribution in [3.05, 3.63) is 12.7 Å². The van der Waals surface area contributed by atoms with Crippen molar-refractivity contribution in [1.82, 2.24) is 0 Å². The highest BCUT2D eigenvalue weighted by Crippen LogP contribution is 2.39. The number of ether oxygens (including phenoxy) is 3. The Morgan fingerprint density at radius 2 is 1.36 bits per heavy atom. The summed E-state index contributed by atoms with van der Waals surface area (Å²) in [5.74, 6) is -2.67. The molecule has 1 saturated carbocycles. The Bertz CT molecular complexity index is 587. The summed E-state index contributed by atoms with van der Waals surface area (Å²) in [6.07, 6.45) is 16.2. The number of hydrogen-bond donors (Lipinski definition) is 0. The summed E-state index contributed by atoms with van der Waals surface area (Å²) in [5.41, 5.74) is -1.62. The van der Waals surface area contributed by atoms with Crippen LogP contribution in [0.2, 0.25) is 0 Å². The molecule has 6 nitrogen and oxygen atoms in total. The second-order valence-corrected chi connectivity index (χ2v) is 9.15. The van der Waals surface area contributed by atoms with Gasteiger partial charge in [-0.1, -0.05) is 91.1 Å². The van der Waals surface area contributed by atoms with Crippen molar-refractivity contribution in [2.45, 2.75) is 122 Å². The first-order chi connectivity index (χ1) is 16.0. The van der Waals surface area contributed by atoms with Gasteiger partial charge in [-0.15, -0.1) is 0 Å². The van der Waals surface area contributed by atoms with Gasteiger partial charge in [0.05, 0.1) is 13.2 Å². The average Bonchev–Trinajstić information content (AvgIpc) is 2.82. The standard InChI is InChI=1S/C27H46O6/c1-4-7-9-11-12-14-17-21-31-25(29)23-19-15-16-20-27(23,33-24(28)6-3)26(30)32-22-18-13-10-8-5-2/h6,23H,3-5,7-22H2,1-2H3. The van der Waals surface area contributed by atoms with E-state index < -0.39 is 29.4 Å². The van der Waals surface area contributed by atoms with E-state index in [1.54, 1.807) is 0 Å². The van der Waals surface area contributed by atoms with Gasteiger partial charge in [0, 0.05) is 6.08 Å². The molecule has 0 amide bonds. The highest BCUT2D eigenvalue weighted by molar-refractivity contribution is 5.92. The third kappa shape index (κ3) is 10.7. The molecule has 1 aliphatic rings. The Hall–Kier alpha value is -1.85. The van der Waals surface area contributed by atoms with E-state index >= 15 is 0 Å². The second kappa shape index (κ2) is 17.6. The lowest BCUT2D eigenvalue weighted by atomic mass is 9.75. The fraction of sp³-hybridized carbons (Fsp3) is 0.815. The van der Waals surface area contributed by atoms with Crippen LogP contribution in [0.5, 0.6) is 0 Å². The first kappa shape index (κ1) is 29.2. The van der Waals surface area contributed by atoms with Crippen LogP contribution in [0.25, 0.3) is 0 Å². The zero-order chi connectivity index (χ0) is 24.4. The Morgan fingerprint density at radius 3 is 1.94 bits per heavy atom. The summed E-state index contributed by atoms with van der Waals surface area (Å²) >= 11 is 0. The van der Waals surface area contributed by atoms with Gasteiger partial charge in [0.1, 0.15) is 5.92 Å². The predicted molar refractivity (Wildman–Crippen MR) is 130 cm³/mol. The topological polar surface area (TPSA) is 78.9 Å². The van der Waals surface area contributed by atoms with Crippen LogP contribution < -0.4 is 0 Å². The van der Waals surface area contributed by atoms with Crippen molar-refractivity contribution in [2.75, 3.05) is 13.2 Å². The molecule has 1 fully saturated rings. The molecule has 0 aliphatic heterocycles. The maximum atomic E-state index is 13.1. The molecule has 0 bridgehead atoms. The fourth-order valence-electron chi connectivity index (χ4n) is 4.41. The zero-order valence-electron chi connectivity index (χ0n) is 21.0. The van der Waals surface area contributed by atoms with Gasteiger partial charge in [0.25, 0.3) is 0 Å². The van der Waals surface area contributed by atoms with Crippen LogP contribution in [-0.4, -0.2) is 36.7 Å². The summed E-state index contributed by atoms with van der Waals surface area (Å²) in [6.45, 7) is 8.37. The van der Waals surface area contributed by atoms with Crippen molar-refractivity contribution in [2.24, 2.45) is 5.92 Å². The van der Waals surface area contributed by atoms with Crippen LogP contribution >= 0.6 is 0 Å². The number of hydrogen-bond acceptors (Lipinski definition) is 6. The van der Waals surface area contributed by atoms with Crippen LogP contribution in [0, 0.1) is 5.92 Å². The van der Waals surface area contributed by atoms with E-state index in [1.807, 2.05) is 0 Å². The van der Waals surface area contributed by atoms with Crippen molar-refractivity contribution in [1.29, 1.82) is 0 Å². The van der Waals surface area contributed by atoms with E-state index in [1.165, 1.54) is 25.7 Å². The second-order valence-electron chi connectivity index (χ2n) is 9.15. The number of carbonyl (C=O) groups excluding carboxylic acids is 3. The van der Waals surface area contributed by atoms with Crippen molar-refractivity contribution in [3.63, 3.8) is 0 Å². The van der Waals surface area contributed by atoms with Gasteiger partial charge < -0.3 is 14.2 Å².